The molecule has 0 aromatic carbocycles. The van der Waals surface area contributed by atoms with Gasteiger partial charge in [-0.1, -0.05) is 6.92 Å². The summed E-state index contributed by atoms with van der Waals surface area (Å²) in [6.45, 7) is 5.26. The van der Waals surface area contributed by atoms with E-state index in [1.165, 1.54) is 28.7 Å². The lowest BCUT2D eigenvalue weighted by molar-refractivity contribution is 0.506. The van der Waals surface area contributed by atoms with Crippen LogP contribution in [0.3, 0.4) is 0 Å². The molecule has 2 nitrogen and oxygen atoms in total. The van der Waals surface area contributed by atoms with Crippen LogP contribution in [0.15, 0.2) is 4.47 Å². The van der Waals surface area contributed by atoms with Gasteiger partial charge in [0.25, 0.3) is 0 Å². The molecule has 0 radical (unpaired) electrons. The number of nitrogens with zero attached hydrogens (tertiary/aromatic N) is 2. The summed E-state index contributed by atoms with van der Waals surface area (Å²) in [6, 6.07) is 0. The molecule has 2 rings (SSSR count). The van der Waals surface area contributed by atoms with Gasteiger partial charge in [0.05, 0.1) is 15.9 Å². The standard InChI is InChI=1S/C13H20BrClN2/c1-3-11-13(14)12(17(4-2)16-11)8-9-5-6-10(15)7-9/h9-10H,3-8H2,1-2H3. The fraction of sp³-hybridized carbons (Fsp3) is 0.769. The van der Waals surface area contributed by atoms with Crippen LogP contribution in [0.1, 0.15) is 44.5 Å². The molecule has 0 amide bonds. The fourth-order valence-electron chi connectivity index (χ4n) is 2.69. The molecule has 1 fully saturated rings. The molecule has 1 aliphatic carbocycles. The van der Waals surface area contributed by atoms with Gasteiger partial charge in [0.15, 0.2) is 0 Å². The van der Waals surface area contributed by atoms with Gasteiger partial charge < -0.3 is 0 Å². The molecule has 0 bridgehead atoms. The number of aryl methyl sites for hydroxylation is 2. The maximum Gasteiger partial charge on any atom is 0.0766 e. The van der Waals surface area contributed by atoms with Crippen molar-refractivity contribution in [1.82, 2.24) is 9.78 Å². The minimum absolute atomic E-state index is 0.391. The molecule has 4 heteroatoms. The van der Waals surface area contributed by atoms with Gasteiger partial charge in [0.1, 0.15) is 0 Å². The average molecular weight is 320 g/mol. The Balaban J connectivity index is 2.16. The normalized spacial score (nSPS) is 24.5. The Hall–Kier alpha value is -0.0200. The Labute approximate surface area is 117 Å². The molecule has 0 spiro atoms. The Morgan fingerprint density at radius 2 is 2.18 bits per heavy atom. The first-order valence-corrected chi connectivity index (χ1v) is 7.76. The van der Waals surface area contributed by atoms with E-state index in [1.807, 2.05) is 0 Å². The van der Waals surface area contributed by atoms with Gasteiger partial charge in [-0.3, -0.25) is 4.68 Å². The molecule has 17 heavy (non-hydrogen) atoms. The predicted octanol–water partition coefficient (Wildman–Crippen LogP) is 4.18. The minimum Gasteiger partial charge on any atom is -0.268 e. The van der Waals surface area contributed by atoms with Gasteiger partial charge in [-0.15, -0.1) is 11.6 Å². The summed E-state index contributed by atoms with van der Waals surface area (Å²) < 4.78 is 3.37. The predicted molar refractivity (Wildman–Crippen MR) is 75.7 cm³/mol. The highest BCUT2D eigenvalue weighted by atomic mass is 79.9. The molecule has 2 unspecified atom stereocenters. The smallest absolute Gasteiger partial charge is 0.0766 e. The summed E-state index contributed by atoms with van der Waals surface area (Å²) in [4.78, 5) is 0. The zero-order valence-electron chi connectivity index (χ0n) is 10.5. The number of rotatable bonds is 4. The number of aromatic nitrogens is 2. The number of halogens is 2. The highest BCUT2D eigenvalue weighted by molar-refractivity contribution is 9.10. The van der Waals surface area contributed by atoms with E-state index in [0.29, 0.717) is 5.38 Å². The maximum atomic E-state index is 6.18. The molecular weight excluding hydrogens is 300 g/mol. The summed E-state index contributed by atoms with van der Waals surface area (Å²) in [5.41, 5.74) is 2.54. The molecule has 1 heterocycles. The first kappa shape index (κ1) is 13.4. The van der Waals surface area contributed by atoms with Crippen molar-refractivity contribution in [2.45, 2.75) is 57.9 Å². The molecule has 2 atom stereocenters. The molecule has 0 saturated heterocycles. The van der Waals surface area contributed by atoms with Crippen molar-refractivity contribution in [2.24, 2.45) is 5.92 Å². The Morgan fingerprint density at radius 1 is 1.41 bits per heavy atom. The fourth-order valence-corrected chi connectivity index (χ4v) is 3.79. The Morgan fingerprint density at radius 3 is 2.71 bits per heavy atom. The van der Waals surface area contributed by atoms with Crippen molar-refractivity contribution in [1.29, 1.82) is 0 Å². The molecule has 0 aliphatic heterocycles. The SMILES string of the molecule is CCc1nn(CC)c(CC2CCC(Cl)C2)c1Br. The van der Waals surface area contributed by atoms with Crippen LogP contribution in [0.2, 0.25) is 0 Å². The second-order valence-electron chi connectivity index (χ2n) is 4.86. The molecule has 0 N–H and O–H groups in total. The van der Waals surface area contributed by atoms with Gasteiger partial charge in [0.2, 0.25) is 0 Å². The lowest BCUT2D eigenvalue weighted by atomic mass is 10.0. The number of alkyl halides is 1. The molecular formula is C13H20BrClN2. The lowest BCUT2D eigenvalue weighted by Gasteiger charge is -2.11. The van der Waals surface area contributed by atoms with Crippen molar-refractivity contribution in [2.75, 3.05) is 0 Å². The summed E-state index contributed by atoms with van der Waals surface area (Å²) in [5.74, 6) is 0.737. The third-order valence-corrected chi connectivity index (χ3v) is 4.97. The van der Waals surface area contributed by atoms with Crippen LogP contribution < -0.4 is 0 Å². The Kier molecular flexibility index (Phi) is 4.53. The molecule has 96 valence electrons. The van der Waals surface area contributed by atoms with E-state index in [0.717, 1.165) is 31.7 Å². The quantitative estimate of drug-likeness (QED) is 0.761. The van der Waals surface area contributed by atoms with Gasteiger partial charge in [0, 0.05) is 11.9 Å². The first-order valence-electron chi connectivity index (χ1n) is 6.53. The second kappa shape index (κ2) is 5.75. The molecule has 1 saturated carbocycles. The maximum absolute atomic E-state index is 6.18. The van der Waals surface area contributed by atoms with E-state index >= 15 is 0 Å². The summed E-state index contributed by atoms with van der Waals surface area (Å²) in [7, 11) is 0. The van der Waals surface area contributed by atoms with Crippen molar-refractivity contribution < 1.29 is 0 Å². The van der Waals surface area contributed by atoms with Gasteiger partial charge >= 0.3 is 0 Å². The van der Waals surface area contributed by atoms with E-state index in [2.05, 4.69) is 39.6 Å². The molecule has 1 aliphatic rings. The monoisotopic (exact) mass is 318 g/mol. The summed E-state index contributed by atoms with van der Waals surface area (Å²) in [6.07, 6.45) is 5.69. The van der Waals surface area contributed by atoms with Crippen LogP contribution in [-0.2, 0) is 19.4 Å². The van der Waals surface area contributed by atoms with Crippen LogP contribution in [0, 0.1) is 5.92 Å². The zero-order chi connectivity index (χ0) is 12.4. The van der Waals surface area contributed by atoms with Crippen LogP contribution >= 0.6 is 27.5 Å². The molecule has 1 aromatic heterocycles. The van der Waals surface area contributed by atoms with Crippen LogP contribution in [0.4, 0.5) is 0 Å². The highest BCUT2D eigenvalue weighted by Crippen LogP contribution is 2.34. The summed E-state index contributed by atoms with van der Waals surface area (Å²) >= 11 is 9.89. The Bertz CT molecular complexity index is 389. The number of hydrogen-bond acceptors (Lipinski definition) is 1. The number of hydrogen-bond donors (Lipinski definition) is 0. The van der Waals surface area contributed by atoms with Crippen LogP contribution in [0.5, 0.6) is 0 Å². The largest absolute Gasteiger partial charge is 0.268 e. The van der Waals surface area contributed by atoms with E-state index in [9.17, 15) is 0 Å². The summed E-state index contributed by atoms with van der Waals surface area (Å²) in [5, 5.41) is 5.04. The zero-order valence-corrected chi connectivity index (χ0v) is 12.9. The van der Waals surface area contributed by atoms with E-state index in [-0.39, 0.29) is 0 Å². The van der Waals surface area contributed by atoms with E-state index in [1.54, 1.807) is 0 Å². The highest BCUT2D eigenvalue weighted by Gasteiger charge is 2.25. The first-order chi connectivity index (χ1) is 8.15. The molecule has 1 aromatic rings. The third kappa shape index (κ3) is 2.87. The van der Waals surface area contributed by atoms with Crippen molar-refractivity contribution in [3.05, 3.63) is 15.9 Å². The second-order valence-corrected chi connectivity index (χ2v) is 6.27. The van der Waals surface area contributed by atoms with Crippen molar-refractivity contribution in [3.8, 4) is 0 Å². The van der Waals surface area contributed by atoms with Gasteiger partial charge in [-0.25, -0.2) is 0 Å². The average Bonchev–Trinajstić information content (AvgIpc) is 2.85. The van der Waals surface area contributed by atoms with Crippen LogP contribution in [0.25, 0.3) is 0 Å². The lowest BCUT2D eigenvalue weighted by Crippen LogP contribution is -2.08. The van der Waals surface area contributed by atoms with Crippen molar-refractivity contribution >= 4 is 27.5 Å². The topological polar surface area (TPSA) is 17.8 Å². The third-order valence-electron chi connectivity index (χ3n) is 3.65. The van der Waals surface area contributed by atoms with Crippen LogP contribution in [-0.4, -0.2) is 15.2 Å². The van der Waals surface area contributed by atoms with E-state index < -0.39 is 0 Å². The van der Waals surface area contributed by atoms with Crippen molar-refractivity contribution in [3.63, 3.8) is 0 Å². The van der Waals surface area contributed by atoms with Gasteiger partial charge in [-0.05, 0) is 60.9 Å². The van der Waals surface area contributed by atoms with Gasteiger partial charge in [-0.2, -0.15) is 5.10 Å². The van der Waals surface area contributed by atoms with E-state index in [4.69, 9.17) is 11.6 Å². The minimum atomic E-state index is 0.391.